The molecule has 0 fully saturated rings. The van der Waals surface area contributed by atoms with Gasteiger partial charge in [-0.3, -0.25) is 14.4 Å². The molecule has 3 rings (SSSR count). The molecule has 3 aromatic rings. The van der Waals surface area contributed by atoms with Crippen molar-refractivity contribution in [3.63, 3.8) is 0 Å². The number of rotatable bonds is 8. The fourth-order valence-corrected chi connectivity index (χ4v) is 5.11. The smallest absolute Gasteiger partial charge is 0.249 e. The van der Waals surface area contributed by atoms with E-state index in [1.807, 2.05) is 12.1 Å². The SMILES string of the molecule is COc1ccc(-c2nnc(NC(=O)C(C)N(c3ccc(OC)c(Cl)c3)S(C)(=O)=O)s2)cc1. The summed E-state index contributed by atoms with van der Waals surface area (Å²) in [6, 6.07) is 10.6. The van der Waals surface area contributed by atoms with Crippen molar-refractivity contribution < 1.29 is 22.7 Å². The summed E-state index contributed by atoms with van der Waals surface area (Å²) in [5, 5.41) is 11.8. The summed E-state index contributed by atoms with van der Waals surface area (Å²) in [5.74, 6) is 0.529. The highest BCUT2D eigenvalue weighted by molar-refractivity contribution is 7.92. The van der Waals surface area contributed by atoms with Crippen molar-refractivity contribution >= 4 is 49.7 Å². The number of methoxy groups -OCH3 is 2. The van der Waals surface area contributed by atoms with E-state index in [0.29, 0.717) is 16.5 Å². The topological polar surface area (TPSA) is 111 Å². The zero-order valence-electron chi connectivity index (χ0n) is 17.7. The molecular weight excluding hydrogens is 476 g/mol. The molecule has 9 nitrogen and oxygen atoms in total. The van der Waals surface area contributed by atoms with Crippen LogP contribution in [0.3, 0.4) is 0 Å². The zero-order valence-corrected chi connectivity index (χ0v) is 20.1. The third kappa shape index (κ3) is 5.29. The minimum Gasteiger partial charge on any atom is -0.497 e. The Morgan fingerprint density at radius 3 is 2.38 bits per heavy atom. The van der Waals surface area contributed by atoms with Gasteiger partial charge in [-0.2, -0.15) is 0 Å². The molecule has 1 amide bonds. The Morgan fingerprint density at radius 2 is 1.81 bits per heavy atom. The van der Waals surface area contributed by atoms with Gasteiger partial charge in [0, 0.05) is 5.56 Å². The van der Waals surface area contributed by atoms with E-state index in [-0.39, 0.29) is 15.8 Å². The molecule has 0 aliphatic heterocycles. The molecule has 0 bridgehead atoms. The normalized spacial score (nSPS) is 12.2. The number of nitrogens with zero attached hydrogens (tertiary/aromatic N) is 3. The predicted molar refractivity (Wildman–Crippen MR) is 125 cm³/mol. The summed E-state index contributed by atoms with van der Waals surface area (Å²) >= 11 is 7.31. The molecule has 0 radical (unpaired) electrons. The van der Waals surface area contributed by atoms with Gasteiger partial charge in [-0.25, -0.2) is 8.42 Å². The van der Waals surface area contributed by atoms with E-state index in [0.717, 1.165) is 16.1 Å². The number of amides is 1. The van der Waals surface area contributed by atoms with Crippen LogP contribution < -0.4 is 19.1 Å². The zero-order chi connectivity index (χ0) is 23.5. The molecule has 12 heteroatoms. The molecule has 2 aromatic carbocycles. The summed E-state index contributed by atoms with van der Waals surface area (Å²) in [7, 11) is -0.777. The molecule has 0 aliphatic rings. The fraction of sp³-hybridized carbons (Fsp3) is 0.250. The average molecular weight is 497 g/mol. The predicted octanol–water partition coefficient (Wildman–Crippen LogP) is 3.67. The van der Waals surface area contributed by atoms with Crippen molar-refractivity contribution in [2.45, 2.75) is 13.0 Å². The van der Waals surface area contributed by atoms with Gasteiger partial charge in [0.15, 0.2) is 0 Å². The monoisotopic (exact) mass is 496 g/mol. The highest BCUT2D eigenvalue weighted by atomic mass is 35.5. The maximum absolute atomic E-state index is 12.9. The highest BCUT2D eigenvalue weighted by Gasteiger charge is 2.30. The molecule has 1 unspecified atom stereocenters. The molecule has 1 aromatic heterocycles. The number of sulfonamides is 1. The van der Waals surface area contributed by atoms with Crippen molar-refractivity contribution in [2.75, 3.05) is 30.1 Å². The van der Waals surface area contributed by atoms with E-state index in [4.69, 9.17) is 21.1 Å². The number of hydrogen-bond acceptors (Lipinski definition) is 8. The van der Waals surface area contributed by atoms with Crippen LogP contribution in [-0.4, -0.2) is 51.0 Å². The largest absolute Gasteiger partial charge is 0.497 e. The lowest BCUT2D eigenvalue weighted by Crippen LogP contribution is -2.45. The Bertz CT molecular complexity index is 1210. The standard InChI is InChI=1S/C20H21ClN4O5S2/c1-12(25(32(4,27)28)14-7-10-17(30-3)16(21)11-14)18(26)22-20-24-23-19(31-20)13-5-8-15(29-2)9-6-13/h5-12H,1-4H3,(H,22,24,26). The van der Waals surface area contributed by atoms with Crippen molar-refractivity contribution in [1.29, 1.82) is 0 Å². The summed E-state index contributed by atoms with van der Waals surface area (Å²) in [5.41, 5.74) is 1.04. The third-order valence-electron chi connectivity index (χ3n) is 4.47. The molecule has 1 N–H and O–H groups in total. The number of nitrogens with one attached hydrogen (secondary N) is 1. The van der Waals surface area contributed by atoms with E-state index in [1.165, 1.54) is 43.6 Å². The first-order chi connectivity index (χ1) is 15.1. The second-order valence-electron chi connectivity index (χ2n) is 6.68. The number of carbonyl (C=O) groups is 1. The molecule has 1 heterocycles. The second-order valence-corrected chi connectivity index (χ2v) is 9.93. The van der Waals surface area contributed by atoms with Crippen LogP contribution in [0.15, 0.2) is 42.5 Å². The van der Waals surface area contributed by atoms with E-state index in [9.17, 15) is 13.2 Å². The maximum atomic E-state index is 12.9. The van der Waals surface area contributed by atoms with E-state index in [1.54, 1.807) is 19.2 Å². The Kier molecular flexibility index (Phi) is 7.22. The van der Waals surface area contributed by atoms with Gasteiger partial charge in [0.2, 0.25) is 21.1 Å². The molecule has 32 heavy (non-hydrogen) atoms. The van der Waals surface area contributed by atoms with Crippen molar-refractivity contribution in [2.24, 2.45) is 0 Å². The third-order valence-corrected chi connectivity index (χ3v) is 6.90. The van der Waals surface area contributed by atoms with Gasteiger partial charge >= 0.3 is 0 Å². The van der Waals surface area contributed by atoms with Crippen LogP contribution in [0, 0.1) is 0 Å². The van der Waals surface area contributed by atoms with Crippen molar-refractivity contribution in [3.8, 4) is 22.1 Å². The molecule has 0 spiro atoms. The minimum atomic E-state index is -3.81. The number of ether oxygens (including phenoxy) is 2. The lowest BCUT2D eigenvalue weighted by atomic mass is 10.2. The van der Waals surface area contributed by atoms with Gasteiger partial charge < -0.3 is 9.47 Å². The first-order valence-electron chi connectivity index (χ1n) is 9.25. The molecule has 1 atom stereocenters. The number of anilines is 2. The maximum Gasteiger partial charge on any atom is 0.249 e. The van der Waals surface area contributed by atoms with Crippen LogP contribution >= 0.6 is 22.9 Å². The van der Waals surface area contributed by atoms with Crippen LogP contribution in [0.25, 0.3) is 10.6 Å². The highest BCUT2D eigenvalue weighted by Crippen LogP contribution is 2.32. The number of benzene rings is 2. The van der Waals surface area contributed by atoms with Crippen LogP contribution in [0.4, 0.5) is 10.8 Å². The lowest BCUT2D eigenvalue weighted by molar-refractivity contribution is -0.116. The van der Waals surface area contributed by atoms with Crippen LogP contribution in [-0.2, 0) is 14.8 Å². The van der Waals surface area contributed by atoms with Gasteiger partial charge in [-0.15, -0.1) is 10.2 Å². The van der Waals surface area contributed by atoms with Gasteiger partial charge in [0.1, 0.15) is 22.5 Å². The lowest BCUT2D eigenvalue weighted by Gasteiger charge is -2.28. The molecule has 0 saturated carbocycles. The van der Waals surface area contributed by atoms with Crippen LogP contribution in [0.2, 0.25) is 5.02 Å². The summed E-state index contributed by atoms with van der Waals surface area (Å²) in [6.45, 7) is 1.47. The Labute approximate surface area is 195 Å². The summed E-state index contributed by atoms with van der Waals surface area (Å²) < 4.78 is 36.2. The molecule has 0 aliphatic carbocycles. The van der Waals surface area contributed by atoms with Gasteiger partial charge in [-0.05, 0) is 49.4 Å². The number of halogens is 1. The summed E-state index contributed by atoms with van der Waals surface area (Å²) in [4.78, 5) is 12.9. The van der Waals surface area contributed by atoms with Crippen LogP contribution in [0.5, 0.6) is 11.5 Å². The summed E-state index contributed by atoms with van der Waals surface area (Å²) in [6.07, 6.45) is 1.02. The van der Waals surface area contributed by atoms with Crippen molar-refractivity contribution in [3.05, 3.63) is 47.5 Å². The number of carbonyl (C=O) groups excluding carboxylic acids is 1. The fourth-order valence-electron chi connectivity index (χ4n) is 2.94. The van der Waals surface area contributed by atoms with Gasteiger partial charge in [0.05, 0.1) is 31.2 Å². The first-order valence-corrected chi connectivity index (χ1v) is 12.3. The first kappa shape index (κ1) is 23.8. The Morgan fingerprint density at radius 1 is 1.12 bits per heavy atom. The van der Waals surface area contributed by atoms with E-state index in [2.05, 4.69) is 15.5 Å². The Hall–Kier alpha value is -2.89. The molecule has 0 saturated heterocycles. The minimum absolute atomic E-state index is 0.222. The Balaban J connectivity index is 1.81. The second kappa shape index (κ2) is 9.72. The van der Waals surface area contributed by atoms with E-state index >= 15 is 0 Å². The average Bonchev–Trinajstić information content (AvgIpc) is 3.21. The van der Waals surface area contributed by atoms with E-state index < -0.39 is 22.0 Å². The van der Waals surface area contributed by atoms with Gasteiger partial charge in [0.25, 0.3) is 0 Å². The van der Waals surface area contributed by atoms with Gasteiger partial charge in [-0.1, -0.05) is 22.9 Å². The van der Waals surface area contributed by atoms with Crippen LogP contribution in [0.1, 0.15) is 6.92 Å². The number of hydrogen-bond donors (Lipinski definition) is 1. The number of aromatic nitrogens is 2. The molecule has 170 valence electrons. The van der Waals surface area contributed by atoms with Crippen molar-refractivity contribution in [1.82, 2.24) is 10.2 Å². The molecular formula is C20H21ClN4O5S2. The quantitative estimate of drug-likeness (QED) is 0.506.